The molecular formula is C9H13FN2O2S. The van der Waals surface area contributed by atoms with Gasteiger partial charge in [-0.2, -0.15) is 0 Å². The molecule has 4 nitrogen and oxygen atoms in total. The van der Waals surface area contributed by atoms with Gasteiger partial charge in [0.15, 0.2) is 0 Å². The fraction of sp³-hybridized carbons (Fsp3) is 0.333. The van der Waals surface area contributed by atoms with Crippen molar-refractivity contribution in [3.8, 4) is 0 Å². The lowest BCUT2D eigenvalue weighted by molar-refractivity contribution is 0.505. The maximum atomic E-state index is 13.4. The van der Waals surface area contributed by atoms with Crippen LogP contribution in [0.4, 0.5) is 4.39 Å². The molecule has 84 valence electrons. The van der Waals surface area contributed by atoms with Gasteiger partial charge in [-0.1, -0.05) is 12.1 Å². The largest absolute Gasteiger partial charge is 0.326 e. The minimum atomic E-state index is -3.77. The van der Waals surface area contributed by atoms with Gasteiger partial charge in [0.2, 0.25) is 10.0 Å². The number of halogens is 1. The van der Waals surface area contributed by atoms with Crippen LogP contribution in [0.25, 0.3) is 0 Å². The highest BCUT2D eigenvalue weighted by atomic mass is 32.2. The first-order valence-corrected chi connectivity index (χ1v) is 5.75. The van der Waals surface area contributed by atoms with Crippen molar-refractivity contribution in [3.63, 3.8) is 0 Å². The smallest absolute Gasteiger partial charge is 0.245 e. The van der Waals surface area contributed by atoms with Gasteiger partial charge in [-0.05, 0) is 11.6 Å². The average Bonchev–Trinajstić information content (AvgIpc) is 2.16. The molecule has 0 aliphatic rings. The van der Waals surface area contributed by atoms with Crippen molar-refractivity contribution in [3.05, 3.63) is 29.6 Å². The van der Waals surface area contributed by atoms with Crippen LogP contribution in [0.15, 0.2) is 23.1 Å². The molecule has 0 saturated heterocycles. The molecule has 1 aromatic carbocycles. The standard InChI is InChI=1S/C9H13FN2O2S/c1-12(2)15(13,14)9-7(6-11)4-3-5-8(9)10/h3-5H,6,11H2,1-2H3. The van der Waals surface area contributed by atoms with Crippen molar-refractivity contribution >= 4 is 10.0 Å². The van der Waals surface area contributed by atoms with Crippen LogP contribution in [0.2, 0.25) is 0 Å². The molecule has 15 heavy (non-hydrogen) atoms. The molecule has 0 saturated carbocycles. The maximum absolute atomic E-state index is 13.4. The van der Waals surface area contributed by atoms with Gasteiger partial charge in [-0.25, -0.2) is 17.1 Å². The molecular weight excluding hydrogens is 219 g/mol. The highest BCUT2D eigenvalue weighted by Crippen LogP contribution is 2.21. The zero-order chi connectivity index (χ0) is 11.6. The fourth-order valence-electron chi connectivity index (χ4n) is 1.19. The Bertz CT molecular complexity index is 457. The van der Waals surface area contributed by atoms with E-state index in [0.717, 1.165) is 10.4 Å². The van der Waals surface area contributed by atoms with Crippen LogP contribution in [-0.4, -0.2) is 26.8 Å². The average molecular weight is 232 g/mol. The topological polar surface area (TPSA) is 63.4 Å². The van der Waals surface area contributed by atoms with Crippen molar-refractivity contribution < 1.29 is 12.8 Å². The molecule has 0 bridgehead atoms. The van der Waals surface area contributed by atoms with Gasteiger partial charge in [0.05, 0.1) is 0 Å². The Morgan fingerprint density at radius 3 is 2.47 bits per heavy atom. The lowest BCUT2D eigenvalue weighted by atomic mass is 10.2. The first kappa shape index (κ1) is 12.1. The molecule has 1 aromatic rings. The van der Waals surface area contributed by atoms with Gasteiger partial charge in [0.1, 0.15) is 10.7 Å². The molecule has 1 rings (SSSR count). The first-order chi connectivity index (χ1) is 6.91. The highest BCUT2D eigenvalue weighted by molar-refractivity contribution is 7.89. The summed E-state index contributed by atoms with van der Waals surface area (Å²) in [5.41, 5.74) is 5.65. The van der Waals surface area contributed by atoms with E-state index in [-0.39, 0.29) is 17.0 Å². The number of hydrogen-bond donors (Lipinski definition) is 1. The third-order valence-electron chi connectivity index (χ3n) is 2.01. The van der Waals surface area contributed by atoms with Crippen molar-refractivity contribution in [1.29, 1.82) is 0 Å². The quantitative estimate of drug-likeness (QED) is 0.827. The van der Waals surface area contributed by atoms with E-state index in [4.69, 9.17) is 5.73 Å². The summed E-state index contributed by atoms with van der Waals surface area (Å²) in [5.74, 6) is -0.772. The van der Waals surface area contributed by atoms with E-state index >= 15 is 0 Å². The molecule has 0 amide bonds. The molecule has 0 aliphatic heterocycles. The van der Waals surface area contributed by atoms with E-state index in [0.29, 0.717) is 0 Å². The molecule has 0 aromatic heterocycles. The van der Waals surface area contributed by atoms with Crippen LogP contribution in [0.5, 0.6) is 0 Å². The zero-order valence-corrected chi connectivity index (χ0v) is 9.38. The van der Waals surface area contributed by atoms with E-state index in [1.165, 1.54) is 26.2 Å². The lowest BCUT2D eigenvalue weighted by Gasteiger charge is -2.14. The number of rotatable bonds is 3. The van der Waals surface area contributed by atoms with Gasteiger partial charge in [-0.15, -0.1) is 0 Å². The van der Waals surface area contributed by atoms with Gasteiger partial charge >= 0.3 is 0 Å². The van der Waals surface area contributed by atoms with Gasteiger partial charge in [0.25, 0.3) is 0 Å². The van der Waals surface area contributed by atoms with Crippen molar-refractivity contribution in [2.24, 2.45) is 5.73 Å². The first-order valence-electron chi connectivity index (χ1n) is 4.31. The lowest BCUT2D eigenvalue weighted by Crippen LogP contribution is -2.25. The minimum Gasteiger partial charge on any atom is -0.326 e. The maximum Gasteiger partial charge on any atom is 0.245 e. The molecule has 0 fully saturated rings. The van der Waals surface area contributed by atoms with Gasteiger partial charge in [0, 0.05) is 20.6 Å². The summed E-state index contributed by atoms with van der Waals surface area (Å²) >= 11 is 0. The second kappa shape index (κ2) is 4.26. The van der Waals surface area contributed by atoms with Crippen molar-refractivity contribution in [2.75, 3.05) is 14.1 Å². The van der Waals surface area contributed by atoms with Crippen LogP contribution >= 0.6 is 0 Å². The third kappa shape index (κ3) is 2.17. The third-order valence-corrected chi connectivity index (χ3v) is 3.94. The van der Waals surface area contributed by atoms with E-state index in [9.17, 15) is 12.8 Å². The molecule has 6 heteroatoms. The molecule has 0 aliphatic carbocycles. The predicted octanol–water partition coefficient (Wildman–Crippen LogP) is 0.535. The van der Waals surface area contributed by atoms with Crippen LogP contribution in [0.1, 0.15) is 5.56 Å². The van der Waals surface area contributed by atoms with Crippen LogP contribution in [0, 0.1) is 5.82 Å². The summed E-state index contributed by atoms with van der Waals surface area (Å²) < 4.78 is 37.9. The molecule has 0 unspecified atom stereocenters. The van der Waals surface area contributed by atoms with E-state index < -0.39 is 15.8 Å². The van der Waals surface area contributed by atoms with E-state index in [2.05, 4.69) is 0 Å². The second-order valence-electron chi connectivity index (χ2n) is 3.22. The molecule has 2 N–H and O–H groups in total. The van der Waals surface area contributed by atoms with Crippen LogP contribution in [-0.2, 0) is 16.6 Å². The minimum absolute atomic E-state index is 0.0137. The number of sulfonamides is 1. The van der Waals surface area contributed by atoms with Crippen molar-refractivity contribution in [1.82, 2.24) is 4.31 Å². The highest BCUT2D eigenvalue weighted by Gasteiger charge is 2.24. The predicted molar refractivity (Wildman–Crippen MR) is 55.2 cm³/mol. The van der Waals surface area contributed by atoms with E-state index in [1.54, 1.807) is 0 Å². The summed E-state index contributed by atoms with van der Waals surface area (Å²) in [6, 6.07) is 4.04. The van der Waals surface area contributed by atoms with E-state index in [1.807, 2.05) is 0 Å². The van der Waals surface area contributed by atoms with Crippen LogP contribution in [0.3, 0.4) is 0 Å². The number of nitrogens with two attached hydrogens (primary N) is 1. The Balaban J connectivity index is 3.49. The molecule has 0 atom stereocenters. The second-order valence-corrected chi connectivity index (χ2v) is 5.31. The summed E-state index contributed by atoms with van der Waals surface area (Å²) in [4.78, 5) is -0.336. The molecule has 0 radical (unpaired) electrons. The Hall–Kier alpha value is -0.980. The summed E-state index contributed by atoms with van der Waals surface area (Å²) in [6.07, 6.45) is 0. The molecule has 0 spiro atoms. The monoisotopic (exact) mass is 232 g/mol. The van der Waals surface area contributed by atoms with Gasteiger partial charge in [-0.3, -0.25) is 0 Å². The normalized spacial score (nSPS) is 12.1. The van der Waals surface area contributed by atoms with Gasteiger partial charge < -0.3 is 5.73 Å². The number of nitrogens with zero attached hydrogens (tertiary/aromatic N) is 1. The fourth-order valence-corrected chi connectivity index (χ4v) is 2.35. The summed E-state index contributed by atoms with van der Waals surface area (Å²) in [6.45, 7) is -0.0137. The van der Waals surface area contributed by atoms with Crippen LogP contribution < -0.4 is 5.73 Å². The Morgan fingerprint density at radius 2 is 2.00 bits per heavy atom. The summed E-state index contributed by atoms with van der Waals surface area (Å²) in [5, 5.41) is 0. The molecule has 0 heterocycles. The Labute approximate surface area is 88.6 Å². The number of benzene rings is 1. The number of hydrogen-bond acceptors (Lipinski definition) is 3. The summed E-state index contributed by atoms with van der Waals surface area (Å²) in [7, 11) is -1.07. The Kier molecular flexibility index (Phi) is 3.43. The van der Waals surface area contributed by atoms with Crippen molar-refractivity contribution in [2.45, 2.75) is 11.4 Å². The zero-order valence-electron chi connectivity index (χ0n) is 8.57. The Morgan fingerprint density at radius 1 is 1.40 bits per heavy atom. The SMILES string of the molecule is CN(C)S(=O)(=O)c1c(F)cccc1CN.